The number of hydrogen-bond acceptors (Lipinski definition) is 3. The fraction of sp³-hybridized carbons (Fsp3) is 0.304. The van der Waals surface area contributed by atoms with Crippen LogP contribution in [0.1, 0.15) is 25.0 Å². The van der Waals surface area contributed by atoms with Crippen LogP contribution in [0.5, 0.6) is 0 Å². The molecule has 28 heavy (non-hydrogen) atoms. The van der Waals surface area contributed by atoms with Gasteiger partial charge in [0, 0.05) is 12.6 Å². The first-order chi connectivity index (χ1) is 13.5. The molecule has 0 fully saturated rings. The van der Waals surface area contributed by atoms with Crippen LogP contribution in [0, 0.1) is 5.92 Å². The zero-order valence-electron chi connectivity index (χ0n) is 16.4. The lowest BCUT2D eigenvalue weighted by molar-refractivity contribution is -0.126. The number of ether oxygens (including phenoxy) is 1. The van der Waals surface area contributed by atoms with E-state index in [1.807, 2.05) is 67.6 Å². The van der Waals surface area contributed by atoms with E-state index < -0.39 is 6.04 Å². The highest BCUT2D eigenvalue weighted by Gasteiger charge is 2.15. The Bertz CT molecular complexity index is 760. The van der Waals surface area contributed by atoms with Crippen molar-refractivity contribution in [2.45, 2.75) is 26.5 Å². The van der Waals surface area contributed by atoms with Gasteiger partial charge in [-0.25, -0.2) is 0 Å². The molecule has 2 N–H and O–H groups in total. The number of rotatable bonds is 10. The van der Waals surface area contributed by atoms with Crippen molar-refractivity contribution in [2.24, 2.45) is 5.92 Å². The Labute approximate surface area is 166 Å². The van der Waals surface area contributed by atoms with Gasteiger partial charge in [0.15, 0.2) is 0 Å². The Morgan fingerprint density at radius 3 is 2.32 bits per heavy atom. The van der Waals surface area contributed by atoms with Crippen molar-refractivity contribution in [3.63, 3.8) is 0 Å². The van der Waals surface area contributed by atoms with Crippen LogP contribution in [0.3, 0.4) is 0 Å². The molecule has 0 radical (unpaired) electrons. The molecule has 2 unspecified atom stereocenters. The van der Waals surface area contributed by atoms with Crippen LogP contribution in [0.25, 0.3) is 6.08 Å². The smallest absolute Gasteiger partial charge is 0.244 e. The summed E-state index contributed by atoms with van der Waals surface area (Å²) in [6.07, 6.45) is 3.14. The van der Waals surface area contributed by atoms with Gasteiger partial charge in [0.05, 0.1) is 13.2 Å². The number of carbonyl (C=O) groups is 2. The van der Waals surface area contributed by atoms with Gasteiger partial charge in [-0.05, 0) is 30.0 Å². The second-order valence-corrected chi connectivity index (χ2v) is 6.83. The van der Waals surface area contributed by atoms with Crippen LogP contribution in [-0.2, 0) is 20.9 Å². The molecule has 2 rings (SSSR count). The molecule has 0 bridgehead atoms. The van der Waals surface area contributed by atoms with E-state index in [0.717, 1.165) is 11.1 Å². The van der Waals surface area contributed by atoms with Gasteiger partial charge >= 0.3 is 0 Å². The maximum atomic E-state index is 12.2. The minimum absolute atomic E-state index is 0.175. The summed E-state index contributed by atoms with van der Waals surface area (Å²) in [6, 6.07) is 18.9. The van der Waals surface area contributed by atoms with Gasteiger partial charge in [-0.2, -0.15) is 0 Å². The molecular formula is C23H28N2O3. The molecule has 5 nitrogen and oxygen atoms in total. The Kier molecular flexibility index (Phi) is 8.95. The Morgan fingerprint density at radius 1 is 1.00 bits per heavy atom. The van der Waals surface area contributed by atoms with Crippen LogP contribution in [-0.4, -0.2) is 31.0 Å². The Morgan fingerprint density at radius 2 is 1.64 bits per heavy atom. The van der Waals surface area contributed by atoms with Crippen LogP contribution in [0.2, 0.25) is 0 Å². The normalized spacial score (nSPS) is 13.1. The Hall–Kier alpha value is -2.92. The third kappa shape index (κ3) is 8.18. The van der Waals surface area contributed by atoms with Gasteiger partial charge < -0.3 is 15.4 Å². The van der Waals surface area contributed by atoms with Gasteiger partial charge in [0.2, 0.25) is 11.8 Å². The lowest BCUT2D eigenvalue weighted by Crippen LogP contribution is -2.45. The highest BCUT2D eigenvalue weighted by molar-refractivity contribution is 5.95. The molecule has 2 aromatic carbocycles. The topological polar surface area (TPSA) is 67.4 Å². The van der Waals surface area contributed by atoms with E-state index >= 15 is 0 Å². The SMILES string of the molecule is CC(CNC(=O)C(C)NC(=O)/C=C/c1ccccc1)COCc1ccccc1. The lowest BCUT2D eigenvalue weighted by Gasteiger charge is -2.16. The van der Waals surface area contributed by atoms with Gasteiger partial charge in [0.25, 0.3) is 0 Å². The average Bonchev–Trinajstić information content (AvgIpc) is 2.72. The molecule has 2 amide bonds. The van der Waals surface area contributed by atoms with Gasteiger partial charge in [-0.1, -0.05) is 67.6 Å². The van der Waals surface area contributed by atoms with Crippen molar-refractivity contribution in [2.75, 3.05) is 13.2 Å². The first kappa shape index (κ1) is 21.4. The fourth-order valence-corrected chi connectivity index (χ4v) is 2.50. The summed E-state index contributed by atoms with van der Waals surface area (Å²) < 4.78 is 5.68. The van der Waals surface area contributed by atoms with Crippen LogP contribution in [0.4, 0.5) is 0 Å². The van der Waals surface area contributed by atoms with Crippen molar-refractivity contribution < 1.29 is 14.3 Å². The molecule has 0 saturated carbocycles. The minimum Gasteiger partial charge on any atom is -0.376 e. The Balaban J connectivity index is 1.64. The molecule has 0 aromatic heterocycles. The van der Waals surface area contributed by atoms with E-state index in [0.29, 0.717) is 19.8 Å². The molecule has 148 valence electrons. The number of amides is 2. The van der Waals surface area contributed by atoms with E-state index in [4.69, 9.17) is 4.74 Å². The standard InChI is InChI=1S/C23H28N2O3/c1-18(16-28-17-21-11-7-4-8-12-21)15-24-23(27)19(2)25-22(26)14-13-20-9-5-3-6-10-20/h3-14,18-19H,15-17H2,1-2H3,(H,24,27)(H,25,26)/b14-13+. The summed E-state index contributed by atoms with van der Waals surface area (Å²) in [6.45, 7) is 5.28. The summed E-state index contributed by atoms with van der Waals surface area (Å²) in [4.78, 5) is 24.1. The van der Waals surface area contributed by atoms with E-state index in [1.165, 1.54) is 6.08 Å². The number of carbonyl (C=O) groups excluding carboxylic acids is 2. The summed E-state index contributed by atoms with van der Waals surface area (Å²) >= 11 is 0. The van der Waals surface area contributed by atoms with E-state index in [-0.39, 0.29) is 17.7 Å². The molecule has 0 spiro atoms. The van der Waals surface area contributed by atoms with Crippen molar-refractivity contribution in [1.29, 1.82) is 0 Å². The molecular weight excluding hydrogens is 352 g/mol. The third-order valence-electron chi connectivity index (χ3n) is 4.12. The zero-order valence-corrected chi connectivity index (χ0v) is 16.4. The number of hydrogen-bond donors (Lipinski definition) is 2. The fourth-order valence-electron chi connectivity index (χ4n) is 2.50. The number of nitrogens with one attached hydrogen (secondary N) is 2. The third-order valence-corrected chi connectivity index (χ3v) is 4.12. The van der Waals surface area contributed by atoms with Gasteiger partial charge in [-0.15, -0.1) is 0 Å². The molecule has 5 heteroatoms. The summed E-state index contributed by atoms with van der Waals surface area (Å²) in [7, 11) is 0. The van der Waals surface area contributed by atoms with E-state index in [2.05, 4.69) is 10.6 Å². The molecule has 0 aliphatic rings. The summed E-state index contributed by atoms with van der Waals surface area (Å²) in [5.74, 6) is -0.337. The minimum atomic E-state index is -0.606. The highest BCUT2D eigenvalue weighted by atomic mass is 16.5. The molecule has 2 atom stereocenters. The van der Waals surface area contributed by atoms with Crippen molar-refractivity contribution in [3.8, 4) is 0 Å². The quantitative estimate of drug-likeness (QED) is 0.622. The van der Waals surface area contributed by atoms with Crippen molar-refractivity contribution in [1.82, 2.24) is 10.6 Å². The lowest BCUT2D eigenvalue weighted by atomic mass is 10.2. The largest absolute Gasteiger partial charge is 0.376 e. The monoisotopic (exact) mass is 380 g/mol. The molecule has 0 aliphatic heterocycles. The average molecular weight is 380 g/mol. The van der Waals surface area contributed by atoms with Crippen LogP contribution in [0.15, 0.2) is 66.7 Å². The second-order valence-electron chi connectivity index (χ2n) is 6.83. The van der Waals surface area contributed by atoms with Crippen LogP contribution >= 0.6 is 0 Å². The van der Waals surface area contributed by atoms with Crippen LogP contribution < -0.4 is 10.6 Å². The predicted molar refractivity (Wildman–Crippen MR) is 111 cm³/mol. The van der Waals surface area contributed by atoms with Gasteiger partial charge in [-0.3, -0.25) is 9.59 Å². The molecule has 0 heterocycles. The molecule has 0 aliphatic carbocycles. The summed E-state index contributed by atoms with van der Waals surface area (Å²) in [5.41, 5.74) is 2.05. The van der Waals surface area contributed by atoms with Crippen molar-refractivity contribution in [3.05, 3.63) is 77.9 Å². The maximum absolute atomic E-state index is 12.2. The summed E-state index contributed by atoms with van der Waals surface area (Å²) in [5, 5.41) is 5.52. The molecule has 2 aromatic rings. The van der Waals surface area contributed by atoms with E-state index in [9.17, 15) is 9.59 Å². The first-order valence-corrected chi connectivity index (χ1v) is 9.47. The maximum Gasteiger partial charge on any atom is 0.244 e. The molecule has 0 saturated heterocycles. The van der Waals surface area contributed by atoms with E-state index in [1.54, 1.807) is 13.0 Å². The first-order valence-electron chi connectivity index (χ1n) is 9.47. The highest BCUT2D eigenvalue weighted by Crippen LogP contribution is 2.03. The number of benzene rings is 2. The van der Waals surface area contributed by atoms with Gasteiger partial charge in [0.1, 0.15) is 6.04 Å². The predicted octanol–water partition coefficient (Wildman–Crippen LogP) is 3.17. The second kappa shape index (κ2) is 11.7. The zero-order chi connectivity index (χ0) is 20.2. The van der Waals surface area contributed by atoms with Crippen molar-refractivity contribution >= 4 is 17.9 Å².